The van der Waals surface area contributed by atoms with Crippen molar-refractivity contribution in [1.29, 1.82) is 0 Å². The van der Waals surface area contributed by atoms with Crippen LogP contribution in [-0.2, 0) is 9.59 Å². The van der Waals surface area contributed by atoms with Gasteiger partial charge in [0, 0.05) is 0 Å². The van der Waals surface area contributed by atoms with Gasteiger partial charge in [0.1, 0.15) is 6.54 Å². The Hall–Kier alpha value is -1.10. The van der Waals surface area contributed by atoms with Crippen molar-refractivity contribution in [2.75, 3.05) is 19.6 Å². The minimum atomic E-state index is -1.01. The lowest BCUT2D eigenvalue weighted by Crippen LogP contribution is -2.51. The first-order valence-corrected chi connectivity index (χ1v) is 6.67. The summed E-state index contributed by atoms with van der Waals surface area (Å²) in [5, 5.41) is 11.1. The number of rotatable bonds is 9. The number of carbonyl (C=O) groups is 2. The topological polar surface area (TPSA) is 69.6 Å². The van der Waals surface area contributed by atoms with E-state index in [2.05, 4.69) is 17.1 Å². The zero-order valence-corrected chi connectivity index (χ0v) is 11.9. The van der Waals surface area contributed by atoms with E-state index in [4.69, 9.17) is 5.11 Å². The van der Waals surface area contributed by atoms with E-state index in [1.54, 1.807) is 0 Å². The van der Waals surface area contributed by atoms with Crippen LogP contribution in [0.3, 0.4) is 0 Å². The molecule has 0 radical (unpaired) electrons. The van der Waals surface area contributed by atoms with Crippen LogP contribution in [0.25, 0.3) is 0 Å². The lowest BCUT2D eigenvalue weighted by atomic mass is 10.0. The first-order valence-electron chi connectivity index (χ1n) is 6.67. The van der Waals surface area contributed by atoms with E-state index >= 15 is 0 Å². The first-order chi connectivity index (χ1) is 8.43. The Balaban J connectivity index is 4.59. The number of nitrogens with one attached hydrogen (secondary N) is 1. The average Bonchev–Trinajstić information content (AvgIpc) is 2.30. The highest BCUT2D eigenvalue weighted by molar-refractivity contribution is 5.85. The molecule has 0 saturated carbocycles. The van der Waals surface area contributed by atoms with E-state index in [1.165, 1.54) is 0 Å². The Bertz CT molecular complexity index is 267. The monoisotopic (exact) mass is 258 g/mol. The number of carboxylic acids is 1. The molecule has 106 valence electrons. The molecule has 1 amide bonds. The summed E-state index contributed by atoms with van der Waals surface area (Å²) in [7, 11) is 0. The zero-order chi connectivity index (χ0) is 14.1. The third-order valence-electron chi connectivity index (χ3n) is 2.91. The lowest BCUT2D eigenvalue weighted by molar-refractivity contribution is -0.139. The summed E-state index contributed by atoms with van der Waals surface area (Å²) in [6, 6.07) is -0.249. The molecular weight excluding hydrogens is 232 g/mol. The Morgan fingerprint density at radius 2 is 1.89 bits per heavy atom. The van der Waals surface area contributed by atoms with Crippen LogP contribution < -0.4 is 5.32 Å². The van der Waals surface area contributed by atoms with Gasteiger partial charge in [0.2, 0.25) is 5.91 Å². The molecule has 5 heteroatoms. The van der Waals surface area contributed by atoms with E-state index in [9.17, 15) is 9.59 Å². The fourth-order valence-corrected chi connectivity index (χ4v) is 2.01. The number of nitrogens with zero attached hydrogens (tertiary/aromatic N) is 1. The van der Waals surface area contributed by atoms with E-state index < -0.39 is 5.97 Å². The SMILES string of the molecule is CCCCN(CC)C(C(=O)NCC(=O)O)C(C)C. The van der Waals surface area contributed by atoms with Gasteiger partial charge in [-0.25, -0.2) is 0 Å². The number of likely N-dealkylation sites (N-methyl/N-ethyl adjacent to an activating group) is 1. The first kappa shape index (κ1) is 16.9. The summed E-state index contributed by atoms with van der Waals surface area (Å²) in [5.74, 6) is -1.04. The van der Waals surface area contributed by atoms with Crippen molar-refractivity contribution >= 4 is 11.9 Å². The van der Waals surface area contributed by atoms with Gasteiger partial charge in [0.05, 0.1) is 6.04 Å². The van der Waals surface area contributed by atoms with Crippen LogP contribution in [0, 0.1) is 5.92 Å². The van der Waals surface area contributed by atoms with Crippen molar-refractivity contribution < 1.29 is 14.7 Å². The number of hydrogen-bond donors (Lipinski definition) is 2. The van der Waals surface area contributed by atoms with Crippen LogP contribution in [0.4, 0.5) is 0 Å². The van der Waals surface area contributed by atoms with Gasteiger partial charge < -0.3 is 10.4 Å². The van der Waals surface area contributed by atoms with Gasteiger partial charge in [0.25, 0.3) is 0 Å². The van der Waals surface area contributed by atoms with Gasteiger partial charge in [-0.1, -0.05) is 34.1 Å². The van der Waals surface area contributed by atoms with Crippen LogP contribution in [-0.4, -0.2) is 47.6 Å². The molecule has 0 aliphatic carbocycles. The Morgan fingerprint density at radius 3 is 2.28 bits per heavy atom. The molecule has 0 aliphatic rings. The number of amides is 1. The Labute approximate surface area is 110 Å². The van der Waals surface area contributed by atoms with E-state index in [0.29, 0.717) is 0 Å². The number of hydrogen-bond acceptors (Lipinski definition) is 3. The highest BCUT2D eigenvalue weighted by Crippen LogP contribution is 2.12. The second kappa shape index (κ2) is 8.91. The second-order valence-corrected chi connectivity index (χ2v) is 4.78. The summed E-state index contributed by atoms with van der Waals surface area (Å²) in [6.07, 6.45) is 2.13. The smallest absolute Gasteiger partial charge is 0.322 e. The third kappa shape index (κ3) is 6.00. The summed E-state index contributed by atoms with van der Waals surface area (Å²) in [6.45, 7) is 9.46. The van der Waals surface area contributed by atoms with E-state index in [-0.39, 0.29) is 24.4 Å². The second-order valence-electron chi connectivity index (χ2n) is 4.78. The molecule has 2 N–H and O–H groups in total. The van der Waals surface area contributed by atoms with Crippen LogP contribution >= 0.6 is 0 Å². The quantitative estimate of drug-likeness (QED) is 0.654. The molecule has 0 aliphatic heterocycles. The molecule has 0 rings (SSSR count). The molecular formula is C13H26N2O3. The van der Waals surface area contributed by atoms with Crippen LogP contribution in [0.15, 0.2) is 0 Å². The predicted octanol–water partition coefficient (Wildman–Crippen LogP) is 1.33. The van der Waals surface area contributed by atoms with Crippen LogP contribution in [0.5, 0.6) is 0 Å². The lowest BCUT2D eigenvalue weighted by Gasteiger charge is -2.32. The molecule has 0 spiro atoms. The molecule has 0 aromatic carbocycles. The van der Waals surface area contributed by atoms with Gasteiger partial charge in [-0.2, -0.15) is 0 Å². The van der Waals surface area contributed by atoms with Crippen LogP contribution in [0.1, 0.15) is 40.5 Å². The van der Waals surface area contributed by atoms with Crippen molar-refractivity contribution in [3.63, 3.8) is 0 Å². The molecule has 0 fully saturated rings. The van der Waals surface area contributed by atoms with Crippen molar-refractivity contribution in [2.24, 2.45) is 5.92 Å². The highest BCUT2D eigenvalue weighted by Gasteiger charge is 2.27. The average molecular weight is 258 g/mol. The van der Waals surface area contributed by atoms with Crippen molar-refractivity contribution in [3.8, 4) is 0 Å². The number of unbranched alkanes of at least 4 members (excludes halogenated alkanes) is 1. The maximum atomic E-state index is 12.0. The van der Waals surface area contributed by atoms with Gasteiger partial charge in [0.15, 0.2) is 0 Å². The minimum absolute atomic E-state index is 0.163. The highest BCUT2D eigenvalue weighted by atomic mass is 16.4. The molecule has 0 saturated heterocycles. The number of carboxylic acid groups (broad SMARTS) is 1. The molecule has 0 aromatic rings. The van der Waals surface area contributed by atoms with E-state index in [0.717, 1.165) is 25.9 Å². The zero-order valence-electron chi connectivity index (χ0n) is 11.9. The summed E-state index contributed by atoms with van der Waals surface area (Å²) >= 11 is 0. The van der Waals surface area contributed by atoms with Gasteiger partial charge in [-0.05, 0) is 25.4 Å². The molecule has 1 atom stereocenters. The molecule has 0 heterocycles. The molecule has 0 aromatic heterocycles. The summed E-state index contributed by atoms with van der Waals surface area (Å²) in [5.41, 5.74) is 0. The normalized spacial score (nSPS) is 12.8. The fraction of sp³-hybridized carbons (Fsp3) is 0.846. The van der Waals surface area contributed by atoms with Crippen LogP contribution in [0.2, 0.25) is 0 Å². The molecule has 5 nitrogen and oxygen atoms in total. The number of carbonyl (C=O) groups excluding carboxylic acids is 1. The van der Waals surface area contributed by atoms with E-state index in [1.807, 2.05) is 20.8 Å². The predicted molar refractivity (Wildman–Crippen MR) is 71.4 cm³/mol. The van der Waals surface area contributed by atoms with Crippen molar-refractivity contribution in [3.05, 3.63) is 0 Å². The Kier molecular flexibility index (Phi) is 8.37. The largest absolute Gasteiger partial charge is 0.480 e. The van der Waals surface area contributed by atoms with Gasteiger partial charge >= 0.3 is 5.97 Å². The van der Waals surface area contributed by atoms with Gasteiger partial charge in [-0.15, -0.1) is 0 Å². The summed E-state index contributed by atoms with van der Waals surface area (Å²) < 4.78 is 0. The maximum Gasteiger partial charge on any atom is 0.322 e. The minimum Gasteiger partial charge on any atom is -0.480 e. The Morgan fingerprint density at radius 1 is 1.28 bits per heavy atom. The van der Waals surface area contributed by atoms with Crippen molar-refractivity contribution in [2.45, 2.75) is 46.6 Å². The molecule has 18 heavy (non-hydrogen) atoms. The fourth-order valence-electron chi connectivity index (χ4n) is 2.01. The van der Waals surface area contributed by atoms with Gasteiger partial charge in [-0.3, -0.25) is 14.5 Å². The maximum absolute atomic E-state index is 12.0. The van der Waals surface area contributed by atoms with Crippen molar-refractivity contribution in [1.82, 2.24) is 10.2 Å². The number of aliphatic carboxylic acids is 1. The molecule has 1 unspecified atom stereocenters. The third-order valence-corrected chi connectivity index (χ3v) is 2.91. The standard InChI is InChI=1S/C13H26N2O3/c1-5-7-8-15(6-2)12(10(3)4)13(18)14-9-11(16)17/h10,12H,5-9H2,1-4H3,(H,14,18)(H,16,17). The summed E-state index contributed by atoms with van der Waals surface area (Å²) in [4.78, 5) is 24.6. The molecule has 0 bridgehead atoms.